The lowest BCUT2D eigenvalue weighted by Gasteiger charge is -1.90. The van der Waals surface area contributed by atoms with Crippen LogP contribution in [-0.4, -0.2) is 18.8 Å². The molecule has 0 aromatic carbocycles. The van der Waals surface area contributed by atoms with Crippen LogP contribution in [0.5, 0.6) is 0 Å². The fraction of sp³-hybridized carbons (Fsp3) is 0.250. The minimum atomic E-state index is -1.57. The van der Waals surface area contributed by atoms with Crippen molar-refractivity contribution in [1.29, 1.82) is 0 Å². The Morgan fingerprint density at radius 3 is 2.88 bits per heavy atom. The Morgan fingerprint density at radius 2 is 2.62 bits per heavy atom. The van der Waals surface area contributed by atoms with Crippen molar-refractivity contribution < 1.29 is 4.80 Å². The van der Waals surface area contributed by atoms with E-state index in [1.807, 2.05) is 11.9 Å². The third-order valence-electron chi connectivity index (χ3n) is 0.809. The molecule has 1 atom stereocenters. The zero-order valence-electron chi connectivity index (χ0n) is 4.53. The highest BCUT2D eigenvalue weighted by Crippen LogP contribution is 1.88. The van der Waals surface area contributed by atoms with Crippen LogP contribution in [0.15, 0.2) is 11.6 Å². The predicted octanol–water partition coefficient (Wildman–Crippen LogP) is -0.304. The lowest BCUT2D eigenvalue weighted by Crippen LogP contribution is -2.24. The van der Waals surface area contributed by atoms with Gasteiger partial charge in [0.25, 0.3) is 0 Å². The first-order valence-corrected chi connectivity index (χ1v) is 5.51. The first-order valence-electron chi connectivity index (χ1n) is 2.38. The van der Waals surface area contributed by atoms with Crippen molar-refractivity contribution in [3.8, 4) is 0 Å². The first-order chi connectivity index (χ1) is 3.80. The molecule has 1 heterocycles. The molecule has 1 rings (SSSR count). The predicted molar refractivity (Wildman–Crippen MR) is 37.0 cm³/mol. The van der Waals surface area contributed by atoms with Crippen LogP contribution in [0, 0.1) is 0 Å². The van der Waals surface area contributed by atoms with Gasteiger partial charge in [0, 0.05) is 11.6 Å². The third-order valence-corrected chi connectivity index (χ3v) is 3.71. The van der Waals surface area contributed by atoms with Crippen LogP contribution in [-0.2, 0) is 0 Å². The van der Waals surface area contributed by atoms with Crippen LogP contribution in [0.2, 0.25) is 6.55 Å². The van der Waals surface area contributed by atoms with Gasteiger partial charge in [0.15, 0.2) is 0 Å². The number of aromatic nitrogens is 1. The molecule has 0 aliphatic rings. The van der Waals surface area contributed by atoms with E-state index in [1.165, 1.54) is 11.3 Å². The molecule has 0 saturated heterocycles. The minimum absolute atomic E-state index is 0.921. The van der Waals surface area contributed by atoms with Crippen molar-refractivity contribution in [2.75, 3.05) is 0 Å². The number of hydrogen-bond donors (Lipinski definition) is 1. The average molecular weight is 145 g/mol. The van der Waals surface area contributed by atoms with E-state index < -0.39 is 9.04 Å². The second-order valence-electron chi connectivity index (χ2n) is 1.55. The van der Waals surface area contributed by atoms with Crippen molar-refractivity contribution in [2.45, 2.75) is 6.55 Å². The van der Waals surface area contributed by atoms with E-state index in [0.717, 1.165) is 4.63 Å². The molecule has 0 unspecified atom stereocenters. The van der Waals surface area contributed by atoms with Gasteiger partial charge in [-0.1, -0.05) is 0 Å². The molecule has 44 valence electrons. The van der Waals surface area contributed by atoms with Gasteiger partial charge < -0.3 is 4.80 Å². The zero-order valence-corrected chi connectivity index (χ0v) is 6.51. The molecule has 1 N–H and O–H groups in total. The Kier molecular flexibility index (Phi) is 1.77. The number of hydrogen-bond acceptors (Lipinski definition) is 3. The molecule has 0 aliphatic heterocycles. The standard InChI is InChI=1S/C4H7NOSSi/c1-8(6)4-5-2-3-7-4/h2-3,6,8H,1H3/t8-/m1/s1. The molecule has 1 aromatic heterocycles. The second-order valence-corrected chi connectivity index (χ2v) is 4.79. The Hall–Kier alpha value is -0.193. The molecule has 8 heavy (non-hydrogen) atoms. The summed E-state index contributed by atoms with van der Waals surface area (Å²) in [4.78, 5) is 12.9. The zero-order chi connectivity index (χ0) is 5.98. The maximum Gasteiger partial charge on any atom is 0.233 e. The summed E-state index contributed by atoms with van der Waals surface area (Å²) in [6, 6.07) is 0. The van der Waals surface area contributed by atoms with Crippen molar-refractivity contribution in [3.05, 3.63) is 11.6 Å². The summed E-state index contributed by atoms with van der Waals surface area (Å²) in [6.45, 7) is 1.85. The van der Waals surface area contributed by atoms with Crippen molar-refractivity contribution in [2.24, 2.45) is 0 Å². The summed E-state index contributed by atoms with van der Waals surface area (Å²) in [5.41, 5.74) is 0. The van der Waals surface area contributed by atoms with Crippen LogP contribution in [0.25, 0.3) is 0 Å². The molecule has 0 bridgehead atoms. The van der Waals surface area contributed by atoms with Gasteiger partial charge in [-0.3, -0.25) is 4.98 Å². The second kappa shape index (κ2) is 2.39. The van der Waals surface area contributed by atoms with Gasteiger partial charge in [-0.05, 0) is 6.55 Å². The van der Waals surface area contributed by atoms with E-state index >= 15 is 0 Å². The summed E-state index contributed by atoms with van der Waals surface area (Å²) in [6.07, 6.45) is 1.72. The van der Waals surface area contributed by atoms with Gasteiger partial charge in [-0.25, -0.2) is 0 Å². The van der Waals surface area contributed by atoms with E-state index in [2.05, 4.69) is 4.98 Å². The molecular formula is C4H7NOSSi. The lowest BCUT2D eigenvalue weighted by molar-refractivity contribution is 0.593. The SMILES string of the molecule is C[Si@@H](O)c1nccs1. The Bertz CT molecular complexity index is 151. The molecular weight excluding hydrogens is 138 g/mol. The number of nitrogens with zero attached hydrogens (tertiary/aromatic N) is 1. The van der Waals surface area contributed by atoms with E-state index in [4.69, 9.17) is 4.80 Å². The van der Waals surface area contributed by atoms with Crippen LogP contribution in [0.3, 0.4) is 0 Å². The van der Waals surface area contributed by atoms with Gasteiger partial charge >= 0.3 is 0 Å². The van der Waals surface area contributed by atoms with E-state index in [1.54, 1.807) is 6.20 Å². The molecule has 0 saturated carbocycles. The van der Waals surface area contributed by atoms with E-state index in [-0.39, 0.29) is 0 Å². The lowest BCUT2D eigenvalue weighted by atomic mass is 11.0. The molecule has 0 spiro atoms. The molecule has 1 aromatic rings. The summed E-state index contributed by atoms with van der Waals surface area (Å²) < 4.78 is 0.921. The van der Waals surface area contributed by atoms with Gasteiger partial charge in [0.2, 0.25) is 9.04 Å². The number of thiazole rings is 1. The monoisotopic (exact) mass is 145 g/mol. The fourth-order valence-corrected chi connectivity index (χ4v) is 2.15. The van der Waals surface area contributed by atoms with Gasteiger partial charge in [-0.2, -0.15) is 0 Å². The highest BCUT2D eigenvalue weighted by Gasteiger charge is 2.03. The average Bonchev–Trinajstić information content (AvgIpc) is 2.12. The highest BCUT2D eigenvalue weighted by atomic mass is 32.1. The Morgan fingerprint density at radius 1 is 1.88 bits per heavy atom. The van der Waals surface area contributed by atoms with E-state index in [9.17, 15) is 0 Å². The van der Waals surface area contributed by atoms with Crippen LogP contribution >= 0.6 is 11.3 Å². The number of rotatable bonds is 1. The Labute approximate surface area is 53.6 Å². The summed E-state index contributed by atoms with van der Waals surface area (Å²) in [7, 11) is -1.57. The van der Waals surface area contributed by atoms with Crippen molar-refractivity contribution >= 4 is 25.0 Å². The maximum absolute atomic E-state index is 9.00. The van der Waals surface area contributed by atoms with Crippen molar-refractivity contribution in [1.82, 2.24) is 4.98 Å². The van der Waals surface area contributed by atoms with Gasteiger partial charge in [-0.15, -0.1) is 11.3 Å². The fourth-order valence-electron chi connectivity index (χ4n) is 0.441. The van der Waals surface area contributed by atoms with Crippen molar-refractivity contribution in [3.63, 3.8) is 0 Å². The molecule has 0 radical (unpaired) electrons. The Balaban J connectivity index is 2.77. The minimum Gasteiger partial charge on any atom is -0.428 e. The molecule has 0 aliphatic carbocycles. The topological polar surface area (TPSA) is 33.1 Å². The van der Waals surface area contributed by atoms with E-state index in [0.29, 0.717) is 0 Å². The third kappa shape index (κ3) is 1.15. The molecule has 4 heteroatoms. The molecule has 2 nitrogen and oxygen atoms in total. The summed E-state index contributed by atoms with van der Waals surface area (Å²) >= 11 is 1.53. The van der Waals surface area contributed by atoms with Crippen LogP contribution in [0.4, 0.5) is 0 Å². The molecule has 0 fully saturated rings. The van der Waals surface area contributed by atoms with Crippen LogP contribution in [0.1, 0.15) is 0 Å². The maximum atomic E-state index is 9.00. The molecule has 0 amide bonds. The highest BCUT2D eigenvalue weighted by molar-refractivity contribution is 7.20. The van der Waals surface area contributed by atoms with Gasteiger partial charge in [0.05, 0.1) is 0 Å². The normalized spacial score (nSPS) is 13.8. The van der Waals surface area contributed by atoms with Gasteiger partial charge in [0.1, 0.15) is 4.63 Å². The quantitative estimate of drug-likeness (QED) is 0.550. The smallest absolute Gasteiger partial charge is 0.233 e. The summed E-state index contributed by atoms with van der Waals surface area (Å²) in [5, 5.41) is 1.88. The summed E-state index contributed by atoms with van der Waals surface area (Å²) in [5.74, 6) is 0. The first kappa shape index (κ1) is 5.93. The van der Waals surface area contributed by atoms with Crippen LogP contribution < -0.4 is 4.63 Å². The largest absolute Gasteiger partial charge is 0.428 e.